The van der Waals surface area contributed by atoms with Crippen LogP contribution >= 0.6 is 0 Å². The number of para-hydroxylation sites is 1. The minimum absolute atomic E-state index is 0.235. The van der Waals surface area contributed by atoms with Gasteiger partial charge in [0.15, 0.2) is 0 Å². The predicted molar refractivity (Wildman–Crippen MR) is 73.2 cm³/mol. The summed E-state index contributed by atoms with van der Waals surface area (Å²) >= 11 is 0. The molecule has 0 fully saturated rings. The van der Waals surface area contributed by atoms with E-state index in [-0.39, 0.29) is 11.7 Å². The van der Waals surface area contributed by atoms with Crippen LogP contribution in [0.15, 0.2) is 48.5 Å². The van der Waals surface area contributed by atoms with Crippen LogP contribution in [0.5, 0.6) is 5.75 Å². The number of methoxy groups -OCH3 is 1. The molecule has 4 heteroatoms. The molecule has 0 atom stereocenters. The van der Waals surface area contributed by atoms with Gasteiger partial charge in [-0.1, -0.05) is 24.3 Å². The van der Waals surface area contributed by atoms with Crippen LogP contribution in [0.3, 0.4) is 0 Å². The molecule has 2 rings (SSSR count). The highest BCUT2D eigenvalue weighted by Gasteiger charge is 2.10. The third-order valence-electron chi connectivity index (χ3n) is 2.75. The Bertz CT molecular complexity index is 564. The average molecular weight is 257 g/mol. The van der Waals surface area contributed by atoms with Gasteiger partial charge in [-0.25, -0.2) is 4.79 Å². The van der Waals surface area contributed by atoms with Crippen LogP contribution in [-0.4, -0.2) is 18.2 Å². The summed E-state index contributed by atoms with van der Waals surface area (Å²) < 4.78 is 4.73. The van der Waals surface area contributed by atoms with Crippen molar-refractivity contribution in [1.82, 2.24) is 0 Å². The van der Waals surface area contributed by atoms with Gasteiger partial charge in [0.2, 0.25) is 0 Å². The summed E-state index contributed by atoms with van der Waals surface area (Å²) in [5.74, 6) is -0.132. The van der Waals surface area contributed by atoms with Gasteiger partial charge in [0.1, 0.15) is 5.75 Å². The molecular weight excluding hydrogens is 242 g/mol. The second-order valence-electron chi connectivity index (χ2n) is 4.06. The van der Waals surface area contributed by atoms with Gasteiger partial charge in [0, 0.05) is 12.2 Å². The summed E-state index contributed by atoms with van der Waals surface area (Å²) in [4.78, 5) is 11.6. The molecule has 0 radical (unpaired) electrons. The van der Waals surface area contributed by atoms with E-state index in [0.29, 0.717) is 12.1 Å². The highest BCUT2D eigenvalue weighted by molar-refractivity contribution is 5.95. The Morgan fingerprint density at radius 3 is 2.53 bits per heavy atom. The van der Waals surface area contributed by atoms with Gasteiger partial charge in [-0.3, -0.25) is 0 Å². The minimum Gasteiger partial charge on any atom is -0.508 e. The number of nitrogens with one attached hydrogen (secondary N) is 1. The quantitative estimate of drug-likeness (QED) is 0.827. The van der Waals surface area contributed by atoms with Crippen molar-refractivity contribution in [3.8, 4) is 5.75 Å². The Morgan fingerprint density at radius 2 is 1.84 bits per heavy atom. The van der Waals surface area contributed by atoms with Crippen LogP contribution in [0.2, 0.25) is 0 Å². The number of carbonyl (C=O) groups excluding carboxylic acids is 1. The second kappa shape index (κ2) is 5.91. The molecule has 0 bridgehead atoms. The first kappa shape index (κ1) is 13.0. The Balaban J connectivity index is 2.11. The molecule has 0 heterocycles. The lowest BCUT2D eigenvalue weighted by molar-refractivity contribution is 0.0602. The van der Waals surface area contributed by atoms with Crippen molar-refractivity contribution in [2.75, 3.05) is 12.4 Å². The number of anilines is 1. The number of aromatic hydroxyl groups is 1. The molecule has 0 aromatic heterocycles. The summed E-state index contributed by atoms with van der Waals surface area (Å²) in [5, 5.41) is 12.4. The Labute approximate surface area is 111 Å². The van der Waals surface area contributed by atoms with Gasteiger partial charge < -0.3 is 15.2 Å². The van der Waals surface area contributed by atoms with E-state index < -0.39 is 0 Å². The van der Waals surface area contributed by atoms with Crippen molar-refractivity contribution in [3.63, 3.8) is 0 Å². The van der Waals surface area contributed by atoms with E-state index >= 15 is 0 Å². The molecule has 0 saturated heterocycles. The first-order chi connectivity index (χ1) is 9.20. The zero-order valence-corrected chi connectivity index (χ0v) is 10.6. The number of hydrogen-bond donors (Lipinski definition) is 2. The molecule has 0 aliphatic rings. The molecule has 2 aromatic carbocycles. The molecule has 4 nitrogen and oxygen atoms in total. The molecule has 0 aliphatic carbocycles. The van der Waals surface area contributed by atoms with Crippen molar-refractivity contribution in [1.29, 1.82) is 0 Å². The topological polar surface area (TPSA) is 58.6 Å². The molecule has 98 valence electrons. The maximum Gasteiger partial charge on any atom is 0.339 e. The highest BCUT2D eigenvalue weighted by atomic mass is 16.5. The van der Waals surface area contributed by atoms with Crippen LogP contribution in [0.4, 0.5) is 5.69 Å². The van der Waals surface area contributed by atoms with Crippen molar-refractivity contribution >= 4 is 11.7 Å². The normalized spacial score (nSPS) is 9.95. The van der Waals surface area contributed by atoms with Crippen molar-refractivity contribution in [3.05, 3.63) is 59.7 Å². The van der Waals surface area contributed by atoms with Crippen molar-refractivity contribution < 1.29 is 14.6 Å². The lowest BCUT2D eigenvalue weighted by Crippen LogP contribution is -2.08. The molecule has 19 heavy (non-hydrogen) atoms. The van der Waals surface area contributed by atoms with Gasteiger partial charge in [-0.2, -0.15) is 0 Å². The molecule has 2 N–H and O–H groups in total. The summed E-state index contributed by atoms with van der Waals surface area (Å²) in [7, 11) is 1.36. The van der Waals surface area contributed by atoms with E-state index in [1.54, 1.807) is 24.3 Å². The molecule has 0 spiro atoms. The van der Waals surface area contributed by atoms with Crippen molar-refractivity contribution in [2.45, 2.75) is 6.54 Å². The van der Waals surface area contributed by atoms with E-state index in [0.717, 1.165) is 11.3 Å². The number of carbonyl (C=O) groups is 1. The van der Waals surface area contributed by atoms with E-state index in [2.05, 4.69) is 5.32 Å². The maximum absolute atomic E-state index is 11.6. The van der Waals surface area contributed by atoms with Crippen LogP contribution in [0, 0.1) is 0 Å². The molecule has 0 saturated carbocycles. The van der Waals surface area contributed by atoms with Gasteiger partial charge in [-0.15, -0.1) is 0 Å². The van der Waals surface area contributed by atoms with Crippen LogP contribution in [0.1, 0.15) is 15.9 Å². The first-order valence-corrected chi connectivity index (χ1v) is 5.90. The lowest BCUT2D eigenvalue weighted by Gasteiger charge is -2.10. The van der Waals surface area contributed by atoms with Gasteiger partial charge in [-0.05, 0) is 29.8 Å². The summed E-state index contributed by atoms with van der Waals surface area (Å²) in [6.45, 7) is 0.564. The zero-order valence-electron chi connectivity index (χ0n) is 10.6. The molecule has 0 unspecified atom stereocenters. The number of esters is 1. The van der Waals surface area contributed by atoms with E-state index in [4.69, 9.17) is 4.74 Å². The Morgan fingerprint density at radius 1 is 1.16 bits per heavy atom. The first-order valence-electron chi connectivity index (χ1n) is 5.90. The maximum atomic E-state index is 11.6. The van der Waals surface area contributed by atoms with Crippen LogP contribution in [-0.2, 0) is 11.3 Å². The van der Waals surface area contributed by atoms with Gasteiger partial charge in [0.25, 0.3) is 0 Å². The van der Waals surface area contributed by atoms with E-state index in [9.17, 15) is 9.90 Å². The molecule has 0 aliphatic heterocycles. The third kappa shape index (κ3) is 3.25. The molecule has 0 amide bonds. The monoisotopic (exact) mass is 257 g/mol. The van der Waals surface area contributed by atoms with E-state index in [1.165, 1.54) is 7.11 Å². The fourth-order valence-corrected chi connectivity index (χ4v) is 1.74. The number of benzene rings is 2. The van der Waals surface area contributed by atoms with E-state index in [1.807, 2.05) is 24.3 Å². The number of rotatable bonds is 4. The predicted octanol–water partition coefficient (Wildman–Crippen LogP) is 2.79. The highest BCUT2D eigenvalue weighted by Crippen LogP contribution is 2.17. The fourth-order valence-electron chi connectivity index (χ4n) is 1.74. The van der Waals surface area contributed by atoms with Gasteiger partial charge >= 0.3 is 5.97 Å². The Hall–Kier alpha value is -2.49. The SMILES string of the molecule is COC(=O)c1ccccc1NCc1ccc(O)cc1. The molecular formula is C15H15NO3. The third-order valence-corrected chi connectivity index (χ3v) is 2.75. The largest absolute Gasteiger partial charge is 0.508 e. The molecule has 2 aromatic rings. The average Bonchev–Trinajstić information content (AvgIpc) is 2.46. The fraction of sp³-hybridized carbons (Fsp3) is 0.133. The van der Waals surface area contributed by atoms with Crippen LogP contribution < -0.4 is 5.32 Å². The second-order valence-corrected chi connectivity index (χ2v) is 4.06. The lowest BCUT2D eigenvalue weighted by atomic mass is 10.1. The number of hydrogen-bond acceptors (Lipinski definition) is 4. The Kier molecular flexibility index (Phi) is 4.03. The zero-order chi connectivity index (χ0) is 13.7. The number of phenols is 1. The standard InChI is InChI=1S/C15H15NO3/c1-19-15(18)13-4-2-3-5-14(13)16-10-11-6-8-12(17)9-7-11/h2-9,16-17H,10H2,1H3. The number of phenolic OH excluding ortho intramolecular Hbond substituents is 1. The van der Waals surface area contributed by atoms with Crippen LogP contribution in [0.25, 0.3) is 0 Å². The summed E-state index contributed by atoms with van der Waals surface area (Å²) in [6, 6.07) is 14.1. The number of ether oxygens (including phenoxy) is 1. The van der Waals surface area contributed by atoms with Gasteiger partial charge in [0.05, 0.1) is 12.7 Å². The minimum atomic E-state index is -0.367. The smallest absolute Gasteiger partial charge is 0.339 e. The summed E-state index contributed by atoms with van der Waals surface area (Å²) in [6.07, 6.45) is 0. The van der Waals surface area contributed by atoms with Crippen molar-refractivity contribution in [2.24, 2.45) is 0 Å². The summed E-state index contributed by atoms with van der Waals surface area (Å²) in [5.41, 5.74) is 2.24.